The fourth-order valence-electron chi connectivity index (χ4n) is 2.59. The second-order valence-electron chi connectivity index (χ2n) is 6.11. The summed E-state index contributed by atoms with van der Waals surface area (Å²) in [5.41, 5.74) is 7.06. The zero-order chi connectivity index (χ0) is 19.6. The summed E-state index contributed by atoms with van der Waals surface area (Å²) in [5, 5.41) is 3.30. The molecule has 0 aliphatic heterocycles. The van der Waals surface area contributed by atoms with E-state index in [1.54, 1.807) is 13.1 Å². The fraction of sp³-hybridized carbons (Fsp3) is 0.300. The van der Waals surface area contributed by atoms with Gasteiger partial charge in [0.25, 0.3) is 5.91 Å². The number of benzene rings is 2. The Labute approximate surface area is 158 Å². The van der Waals surface area contributed by atoms with Crippen molar-refractivity contribution in [2.24, 2.45) is 10.7 Å². The molecule has 0 spiro atoms. The zero-order valence-electron chi connectivity index (χ0n) is 15.6. The number of nitrogens with two attached hydrogens (primary N) is 1. The van der Waals surface area contributed by atoms with Gasteiger partial charge in [0, 0.05) is 27.2 Å². The smallest absolute Gasteiger partial charge is 0.255 e. The summed E-state index contributed by atoms with van der Waals surface area (Å²) in [6.07, 6.45) is 0.795. The van der Waals surface area contributed by atoms with Crippen LogP contribution in [0.4, 0.5) is 4.39 Å². The molecule has 7 heteroatoms. The topological polar surface area (TPSA) is 80.0 Å². The van der Waals surface area contributed by atoms with E-state index in [1.165, 1.54) is 12.1 Å². The predicted octanol–water partition coefficient (Wildman–Crippen LogP) is 1.94. The molecule has 2 rings (SSSR count). The Balaban J connectivity index is 1.81. The Bertz CT molecular complexity index is 778. The number of nitrogens with zero attached hydrogens (tertiary/aromatic N) is 2. The first kappa shape index (κ1) is 20.2. The van der Waals surface area contributed by atoms with Gasteiger partial charge in [0.05, 0.1) is 0 Å². The summed E-state index contributed by atoms with van der Waals surface area (Å²) >= 11 is 0. The van der Waals surface area contributed by atoms with E-state index in [1.807, 2.05) is 42.3 Å². The van der Waals surface area contributed by atoms with Gasteiger partial charge in [-0.1, -0.05) is 24.3 Å². The van der Waals surface area contributed by atoms with E-state index < -0.39 is 5.91 Å². The van der Waals surface area contributed by atoms with Gasteiger partial charge in [-0.2, -0.15) is 0 Å². The molecule has 0 atom stereocenters. The van der Waals surface area contributed by atoms with Crippen molar-refractivity contribution in [1.82, 2.24) is 10.2 Å². The van der Waals surface area contributed by atoms with Crippen molar-refractivity contribution in [3.63, 3.8) is 0 Å². The molecule has 0 unspecified atom stereocenters. The lowest BCUT2D eigenvalue weighted by molar-refractivity contribution is -0.119. The largest absolute Gasteiger partial charge is 0.484 e. The molecule has 6 nitrogen and oxygen atoms in total. The molecule has 1 amide bonds. The molecule has 2 aromatic carbocycles. The first-order chi connectivity index (χ1) is 13.0. The number of nitrogens with one attached hydrogen (secondary N) is 1. The number of amides is 1. The van der Waals surface area contributed by atoms with E-state index in [2.05, 4.69) is 10.3 Å². The lowest BCUT2D eigenvalue weighted by Gasteiger charge is -2.22. The molecule has 0 aromatic heterocycles. The number of halogens is 1. The predicted molar refractivity (Wildman–Crippen MR) is 104 cm³/mol. The van der Waals surface area contributed by atoms with Crippen molar-refractivity contribution in [2.75, 3.05) is 27.2 Å². The number of carbonyl (C=O) groups excluding carboxylic acids is 1. The molecule has 2 aromatic rings. The van der Waals surface area contributed by atoms with Crippen molar-refractivity contribution in [1.29, 1.82) is 0 Å². The number of aliphatic imine (C=N–C) groups is 1. The van der Waals surface area contributed by atoms with Gasteiger partial charge in [-0.15, -0.1) is 0 Å². The third-order valence-corrected chi connectivity index (χ3v) is 3.88. The van der Waals surface area contributed by atoms with Crippen LogP contribution < -0.4 is 15.8 Å². The van der Waals surface area contributed by atoms with Crippen LogP contribution in [0.5, 0.6) is 5.75 Å². The second kappa shape index (κ2) is 10.2. The SMILES string of the molecule is CN=C(NCCc1ccc(OCC(N)=O)cc1)N(C)Cc1cccc(F)c1. The maximum absolute atomic E-state index is 13.3. The van der Waals surface area contributed by atoms with Crippen LogP contribution in [0.3, 0.4) is 0 Å². The van der Waals surface area contributed by atoms with Gasteiger partial charge in [0.1, 0.15) is 11.6 Å². The minimum absolute atomic E-state index is 0.130. The molecule has 0 bridgehead atoms. The fourth-order valence-corrected chi connectivity index (χ4v) is 2.59. The minimum atomic E-state index is -0.503. The third-order valence-electron chi connectivity index (χ3n) is 3.88. The molecule has 0 saturated carbocycles. The maximum atomic E-state index is 13.3. The van der Waals surface area contributed by atoms with Crippen molar-refractivity contribution in [2.45, 2.75) is 13.0 Å². The van der Waals surface area contributed by atoms with Crippen molar-refractivity contribution in [3.8, 4) is 5.75 Å². The molecule has 0 fully saturated rings. The summed E-state index contributed by atoms with van der Waals surface area (Å²) in [7, 11) is 3.63. The van der Waals surface area contributed by atoms with Gasteiger partial charge in [-0.3, -0.25) is 9.79 Å². The van der Waals surface area contributed by atoms with Crippen LogP contribution in [-0.4, -0.2) is 44.0 Å². The number of carbonyl (C=O) groups is 1. The van der Waals surface area contributed by atoms with Crippen LogP contribution in [-0.2, 0) is 17.8 Å². The Morgan fingerprint density at radius 2 is 1.96 bits per heavy atom. The molecular weight excluding hydrogens is 347 g/mol. The van der Waals surface area contributed by atoms with Crippen LogP contribution in [0.15, 0.2) is 53.5 Å². The van der Waals surface area contributed by atoms with Gasteiger partial charge in [-0.25, -0.2) is 4.39 Å². The van der Waals surface area contributed by atoms with Crippen molar-refractivity contribution in [3.05, 3.63) is 65.5 Å². The molecule has 144 valence electrons. The van der Waals surface area contributed by atoms with E-state index in [0.717, 1.165) is 23.5 Å². The molecule has 3 N–H and O–H groups in total. The lowest BCUT2D eigenvalue weighted by atomic mass is 10.1. The Kier molecular flexibility index (Phi) is 7.61. The van der Waals surface area contributed by atoms with Crippen molar-refractivity contribution < 1.29 is 13.9 Å². The van der Waals surface area contributed by atoms with E-state index in [0.29, 0.717) is 18.8 Å². The van der Waals surface area contributed by atoms with E-state index >= 15 is 0 Å². The highest BCUT2D eigenvalue weighted by atomic mass is 19.1. The molecule has 0 heterocycles. The van der Waals surface area contributed by atoms with Crippen LogP contribution in [0, 0.1) is 5.82 Å². The number of hydrogen-bond donors (Lipinski definition) is 2. The average Bonchev–Trinajstić information content (AvgIpc) is 2.64. The maximum Gasteiger partial charge on any atom is 0.255 e. The van der Waals surface area contributed by atoms with Crippen molar-refractivity contribution >= 4 is 11.9 Å². The lowest BCUT2D eigenvalue weighted by Crippen LogP contribution is -2.39. The highest BCUT2D eigenvalue weighted by Crippen LogP contribution is 2.12. The van der Waals surface area contributed by atoms with Crippen LogP contribution in [0.1, 0.15) is 11.1 Å². The van der Waals surface area contributed by atoms with Gasteiger partial charge >= 0.3 is 0 Å². The number of guanidine groups is 1. The third kappa shape index (κ3) is 6.97. The van der Waals surface area contributed by atoms with E-state index in [9.17, 15) is 9.18 Å². The number of ether oxygens (including phenoxy) is 1. The standard InChI is InChI=1S/C20H25FN4O2/c1-23-20(25(2)13-16-4-3-5-17(21)12-16)24-11-10-15-6-8-18(9-7-15)27-14-19(22)26/h3-9,12H,10-11,13-14H2,1-2H3,(H2,22,26)(H,23,24). The summed E-state index contributed by atoms with van der Waals surface area (Å²) in [6.45, 7) is 1.12. The highest BCUT2D eigenvalue weighted by Gasteiger charge is 2.07. The molecule has 0 radical (unpaired) electrons. The van der Waals surface area contributed by atoms with Crippen LogP contribution in [0.2, 0.25) is 0 Å². The minimum Gasteiger partial charge on any atom is -0.484 e. The van der Waals surface area contributed by atoms with Gasteiger partial charge in [0.2, 0.25) is 0 Å². The summed E-state index contributed by atoms with van der Waals surface area (Å²) in [4.78, 5) is 16.9. The van der Waals surface area contributed by atoms with Gasteiger partial charge in [-0.05, 0) is 41.8 Å². The zero-order valence-corrected chi connectivity index (χ0v) is 15.6. The van der Waals surface area contributed by atoms with Crippen LogP contribution >= 0.6 is 0 Å². The number of hydrogen-bond acceptors (Lipinski definition) is 3. The Morgan fingerprint density at radius 1 is 1.22 bits per heavy atom. The normalized spacial score (nSPS) is 11.1. The van der Waals surface area contributed by atoms with Gasteiger partial charge in [0.15, 0.2) is 12.6 Å². The van der Waals surface area contributed by atoms with Gasteiger partial charge < -0.3 is 20.7 Å². The highest BCUT2D eigenvalue weighted by molar-refractivity contribution is 5.79. The first-order valence-electron chi connectivity index (χ1n) is 8.64. The summed E-state index contributed by atoms with van der Waals surface area (Å²) in [5.74, 6) is 0.598. The monoisotopic (exact) mass is 372 g/mol. The van der Waals surface area contributed by atoms with Crippen LogP contribution in [0.25, 0.3) is 0 Å². The number of primary amides is 1. The quantitative estimate of drug-likeness (QED) is 0.548. The summed E-state index contributed by atoms with van der Waals surface area (Å²) in [6, 6.07) is 14.0. The molecule has 0 aliphatic carbocycles. The average molecular weight is 372 g/mol. The Hall–Kier alpha value is -3.09. The van der Waals surface area contributed by atoms with E-state index in [4.69, 9.17) is 10.5 Å². The van der Waals surface area contributed by atoms with E-state index in [-0.39, 0.29) is 12.4 Å². The Morgan fingerprint density at radius 3 is 2.59 bits per heavy atom. The molecule has 0 aliphatic rings. The molecule has 27 heavy (non-hydrogen) atoms. The number of rotatable bonds is 8. The molecule has 0 saturated heterocycles. The summed E-state index contributed by atoms with van der Waals surface area (Å²) < 4.78 is 18.5. The second-order valence-corrected chi connectivity index (χ2v) is 6.11. The first-order valence-corrected chi connectivity index (χ1v) is 8.64. The molecular formula is C20H25FN4O2.